The fraction of sp³-hybridized carbons (Fsp3) is 0.659. The fourth-order valence-corrected chi connectivity index (χ4v) is 6.79. The lowest BCUT2D eigenvalue weighted by Gasteiger charge is -2.41. The zero-order chi connectivity index (χ0) is 36.8. The zero-order valence-electron chi connectivity index (χ0n) is 31.5. The van der Waals surface area contributed by atoms with E-state index in [0.717, 1.165) is 37.7 Å². The molecule has 1 aromatic carbocycles. The topological polar surface area (TPSA) is 126 Å². The van der Waals surface area contributed by atoms with Gasteiger partial charge in [-0.25, -0.2) is 0 Å². The van der Waals surface area contributed by atoms with Gasteiger partial charge in [-0.3, -0.25) is 9.59 Å². The molecule has 50 heavy (non-hydrogen) atoms. The van der Waals surface area contributed by atoms with Crippen LogP contribution in [0.3, 0.4) is 0 Å². The maximum Gasteiger partial charge on any atom is 0.312 e. The molecule has 9 nitrogen and oxygen atoms in total. The maximum absolute atomic E-state index is 14.1. The Hall–Kier alpha value is -3.14. The number of nitrogens with zero attached hydrogens (tertiary/aromatic N) is 1. The second-order valence-corrected chi connectivity index (χ2v) is 14.9. The third-order valence-corrected chi connectivity index (χ3v) is 10.3. The quantitative estimate of drug-likeness (QED) is 0.114. The van der Waals surface area contributed by atoms with Crippen LogP contribution in [0.1, 0.15) is 99.0 Å². The van der Waals surface area contributed by atoms with Crippen LogP contribution in [-0.4, -0.2) is 83.3 Å². The summed E-state index contributed by atoms with van der Waals surface area (Å²) in [6, 6.07) is 7.22. The molecule has 0 radical (unpaired) electrons. The Kier molecular flexibility index (Phi) is 16.5. The van der Waals surface area contributed by atoms with Crippen molar-refractivity contribution in [2.24, 2.45) is 29.1 Å². The minimum atomic E-state index is -1.05. The highest BCUT2D eigenvalue weighted by Crippen LogP contribution is 2.37. The summed E-state index contributed by atoms with van der Waals surface area (Å²) in [6.07, 6.45) is 11.2. The normalized spacial score (nSPS) is 20.5. The van der Waals surface area contributed by atoms with Crippen molar-refractivity contribution in [2.75, 3.05) is 33.0 Å². The van der Waals surface area contributed by atoms with Crippen molar-refractivity contribution < 1.29 is 39.1 Å². The Morgan fingerprint density at radius 3 is 2.22 bits per heavy atom. The minimum absolute atomic E-state index is 0.0201. The standard InChI is InChI=1S/C41H63NO8/c1-8-10-11-30(9-2)27-42-36-25-34(17-14-32(36)24-35(39(42)46)31-12-15-33(16-13-31)49-23-20-43)48-21-18-37(44)38(45)19-22-50-40(47)41(7,29(5)6)26-28(3)4/h12-17,24-25,28-30,32,36-38,43-45H,8-11,18-23,26-27H2,1-7H3. The number of hydrogen-bond donors (Lipinski definition) is 3. The van der Waals surface area contributed by atoms with Crippen LogP contribution in [-0.2, 0) is 19.1 Å². The van der Waals surface area contributed by atoms with E-state index < -0.39 is 17.6 Å². The van der Waals surface area contributed by atoms with Crippen LogP contribution in [0.2, 0.25) is 0 Å². The average molecular weight is 698 g/mol. The first-order valence-electron chi connectivity index (χ1n) is 18.8. The molecule has 0 saturated carbocycles. The molecule has 0 fully saturated rings. The van der Waals surface area contributed by atoms with Gasteiger partial charge in [-0.2, -0.15) is 0 Å². The van der Waals surface area contributed by atoms with Gasteiger partial charge in [0.05, 0.1) is 43.5 Å². The summed E-state index contributed by atoms with van der Waals surface area (Å²) in [4.78, 5) is 29.0. The van der Waals surface area contributed by atoms with Gasteiger partial charge in [-0.05, 0) is 67.4 Å². The van der Waals surface area contributed by atoms with Crippen LogP contribution in [0.5, 0.6) is 5.75 Å². The van der Waals surface area contributed by atoms with Crippen LogP contribution < -0.4 is 4.74 Å². The molecule has 1 heterocycles. The summed E-state index contributed by atoms with van der Waals surface area (Å²) in [5.41, 5.74) is 0.878. The number of rotatable bonds is 22. The summed E-state index contributed by atoms with van der Waals surface area (Å²) in [6.45, 7) is 15.5. The number of fused-ring (bicyclic) bond motifs is 1. The van der Waals surface area contributed by atoms with E-state index in [9.17, 15) is 19.8 Å². The zero-order valence-corrected chi connectivity index (χ0v) is 31.5. The minimum Gasteiger partial charge on any atom is -0.494 e. The van der Waals surface area contributed by atoms with E-state index in [1.165, 1.54) is 0 Å². The van der Waals surface area contributed by atoms with Gasteiger partial charge in [-0.15, -0.1) is 0 Å². The van der Waals surface area contributed by atoms with Gasteiger partial charge in [-0.1, -0.05) is 85.1 Å². The lowest BCUT2D eigenvalue weighted by atomic mass is 9.73. The Balaban J connectivity index is 1.64. The van der Waals surface area contributed by atoms with Gasteiger partial charge in [0.1, 0.15) is 18.1 Å². The SMILES string of the molecule is CCCCC(CC)CN1C(=O)C(c2ccc(OCCO)cc2)=CC2C=CC(OCCC(O)C(O)CCOC(=O)C(C)(CC(C)C)C(C)C)=CC21. The van der Waals surface area contributed by atoms with Crippen LogP contribution in [0.25, 0.3) is 5.57 Å². The van der Waals surface area contributed by atoms with Crippen molar-refractivity contribution in [1.82, 2.24) is 4.90 Å². The number of aliphatic hydroxyl groups excluding tert-OH is 3. The predicted octanol–water partition coefficient (Wildman–Crippen LogP) is 6.71. The van der Waals surface area contributed by atoms with Gasteiger partial charge in [0.2, 0.25) is 0 Å². The summed E-state index contributed by atoms with van der Waals surface area (Å²) < 4.78 is 17.1. The lowest BCUT2D eigenvalue weighted by molar-refractivity contribution is -0.160. The number of hydrogen-bond acceptors (Lipinski definition) is 8. The summed E-state index contributed by atoms with van der Waals surface area (Å²) in [5, 5.41) is 30.3. The Morgan fingerprint density at radius 1 is 0.940 bits per heavy atom. The molecule has 1 aromatic rings. The van der Waals surface area contributed by atoms with E-state index in [-0.39, 0.29) is 69.0 Å². The lowest BCUT2D eigenvalue weighted by Crippen LogP contribution is -2.49. The van der Waals surface area contributed by atoms with Crippen molar-refractivity contribution in [3.8, 4) is 5.75 Å². The largest absolute Gasteiger partial charge is 0.494 e. The van der Waals surface area contributed by atoms with Gasteiger partial charge in [0.25, 0.3) is 5.91 Å². The molecule has 6 unspecified atom stereocenters. The highest BCUT2D eigenvalue weighted by atomic mass is 16.5. The first kappa shape index (κ1) is 41.3. The molecule has 0 bridgehead atoms. The first-order valence-corrected chi connectivity index (χ1v) is 18.8. The Bertz CT molecular complexity index is 1300. The monoisotopic (exact) mass is 697 g/mol. The maximum atomic E-state index is 14.1. The van der Waals surface area contributed by atoms with Gasteiger partial charge < -0.3 is 34.4 Å². The smallest absolute Gasteiger partial charge is 0.312 e. The van der Waals surface area contributed by atoms with Crippen molar-refractivity contribution in [1.29, 1.82) is 0 Å². The van der Waals surface area contributed by atoms with Gasteiger partial charge in [0, 0.05) is 30.9 Å². The number of esters is 1. The van der Waals surface area contributed by atoms with E-state index in [4.69, 9.17) is 19.3 Å². The van der Waals surface area contributed by atoms with Crippen LogP contribution in [0, 0.1) is 29.1 Å². The van der Waals surface area contributed by atoms with E-state index >= 15 is 0 Å². The average Bonchev–Trinajstić information content (AvgIpc) is 3.09. The van der Waals surface area contributed by atoms with Crippen LogP contribution in [0.4, 0.5) is 0 Å². The molecular weight excluding hydrogens is 634 g/mol. The van der Waals surface area contributed by atoms with E-state index in [1.54, 1.807) is 0 Å². The summed E-state index contributed by atoms with van der Waals surface area (Å²) in [5.74, 6) is 1.79. The second-order valence-electron chi connectivity index (χ2n) is 14.9. The molecule has 9 heteroatoms. The van der Waals surface area contributed by atoms with E-state index in [2.05, 4.69) is 33.8 Å². The molecule has 3 N–H and O–H groups in total. The van der Waals surface area contributed by atoms with Gasteiger partial charge in [0.15, 0.2) is 0 Å². The molecule has 1 aliphatic heterocycles. The summed E-state index contributed by atoms with van der Waals surface area (Å²) in [7, 11) is 0. The number of benzene rings is 1. The molecule has 6 atom stereocenters. The van der Waals surface area contributed by atoms with E-state index in [0.29, 0.717) is 35.5 Å². The van der Waals surface area contributed by atoms with Crippen LogP contribution >= 0.6 is 0 Å². The van der Waals surface area contributed by atoms with Crippen molar-refractivity contribution in [3.05, 3.63) is 59.9 Å². The third-order valence-electron chi connectivity index (χ3n) is 10.3. The highest BCUT2D eigenvalue weighted by molar-refractivity contribution is 6.20. The fourth-order valence-electron chi connectivity index (χ4n) is 6.79. The summed E-state index contributed by atoms with van der Waals surface area (Å²) >= 11 is 0. The number of unbranched alkanes of at least 4 members (excludes halogenated alkanes) is 1. The molecule has 3 rings (SSSR count). The first-order chi connectivity index (χ1) is 23.8. The van der Waals surface area contributed by atoms with Crippen molar-refractivity contribution in [3.63, 3.8) is 0 Å². The predicted molar refractivity (Wildman–Crippen MR) is 197 cm³/mol. The van der Waals surface area contributed by atoms with E-state index in [1.807, 2.05) is 68.2 Å². The number of allylic oxidation sites excluding steroid dienone is 1. The number of amides is 1. The number of ether oxygens (including phenoxy) is 3. The highest BCUT2D eigenvalue weighted by Gasteiger charge is 2.39. The van der Waals surface area contributed by atoms with Crippen LogP contribution in [0.15, 0.2) is 54.3 Å². The molecule has 0 aromatic heterocycles. The number of carbonyl (C=O) groups is 2. The molecule has 0 spiro atoms. The van der Waals surface area contributed by atoms with Crippen molar-refractivity contribution in [2.45, 2.75) is 112 Å². The number of carbonyl (C=O) groups excluding carboxylic acids is 2. The van der Waals surface area contributed by atoms with Crippen molar-refractivity contribution >= 4 is 17.4 Å². The number of aliphatic hydroxyl groups is 3. The molecule has 2 aliphatic rings. The molecule has 280 valence electrons. The second kappa shape index (κ2) is 20.0. The Morgan fingerprint density at radius 2 is 1.62 bits per heavy atom. The molecule has 1 aliphatic carbocycles. The molecule has 1 amide bonds. The van der Waals surface area contributed by atoms with Gasteiger partial charge >= 0.3 is 5.97 Å². The molecular formula is C41H63NO8. The molecule has 0 saturated heterocycles. The Labute approximate surface area is 300 Å². The third kappa shape index (κ3) is 11.4.